The van der Waals surface area contributed by atoms with Gasteiger partial charge in [-0.3, -0.25) is 0 Å². The van der Waals surface area contributed by atoms with Crippen molar-refractivity contribution in [3.05, 3.63) is 83.4 Å². The molecule has 2 N–H and O–H groups in total. The fraction of sp³-hybridized carbons (Fsp3) is 0.304. The van der Waals surface area contributed by atoms with Gasteiger partial charge >= 0.3 is 0 Å². The Morgan fingerprint density at radius 2 is 1.86 bits per heavy atom. The summed E-state index contributed by atoms with van der Waals surface area (Å²) < 4.78 is 7.35. The molecule has 3 rings (SSSR count). The molecule has 1 heterocycles. The molecular formula is C23H29N5O. The Hall–Kier alpha value is -3.28. The second-order valence-corrected chi connectivity index (χ2v) is 6.82. The number of aryl methyl sites for hydroxylation is 1. The molecule has 0 radical (unpaired) electrons. The van der Waals surface area contributed by atoms with Crippen LogP contribution in [-0.2, 0) is 19.6 Å². The third kappa shape index (κ3) is 6.10. The Kier molecular flexibility index (Phi) is 7.28. The molecule has 0 saturated heterocycles. The zero-order chi connectivity index (χ0) is 20.5. The first-order valence-corrected chi connectivity index (χ1v) is 9.88. The highest BCUT2D eigenvalue weighted by Crippen LogP contribution is 2.11. The van der Waals surface area contributed by atoms with Crippen molar-refractivity contribution in [1.82, 2.24) is 20.2 Å². The minimum absolute atomic E-state index is 0.620. The van der Waals surface area contributed by atoms with Crippen molar-refractivity contribution in [3.63, 3.8) is 0 Å². The number of nitrogens with one attached hydrogen (secondary N) is 2. The van der Waals surface area contributed by atoms with Crippen LogP contribution in [0, 0.1) is 6.92 Å². The quantitative estimate of drug-likeness (QED) is 0.456. The molecule has 0 bridgehead atoms. The molecule has 0 fully saturated rings. The largest absolute Gasteiger partial charge is 0.497 e. The zero-order valence-corrected chi connectivity index (χ0v) is 17.4. The molecule has 0 atom stereocenters. The first-order valence-electron chi connectivity index (χ1n) is 9.88. The average Bonchev–Trinajstić information content (AvgIpc) is 3.15. The van der Waals surface area contributed by atoms with Gasteiger partial charge in [0.15, 0.2) is 5.96 Å². The number of aliphatic imine (C=N–C) groups is 1. The van der Waals surface area contributed by atoms with Crippen LogP contribution in [-0.4, -0.2) is 29.2 Å². The molecule has 1 aromatic heterocycles. The molecular weight excluding hydrogens is 362 g/mol. The van der Waals surface area contributed by atoms with Crippen molar-refractivity contribution in [2.45, 2.75) is 33.5 Å². The average molecular weight is 392 g/mol. The smallest absolute Gasteiger partial charge is 0.191 e. The number of imidazole rings is 1. The van der Waals surface area contributed by atoms with Gasteiger partial charge in [0.25, 0.3) is 0 Å². The Bertz CT molecular complexity index is 930. The minimum Gasteiger partial charge on any atom is -0.497 e. The van der Waals surface area contributed by atoms with Crippen molar-refractivity contribution in [2.24, 2.45) is 4.99 Å². The van der Waals surface area contributed by atoms with E-state index < -0.39 is 0 Å². The maximum absolute atomic E-state index is 5.21. The number of guanidine groups is 1. The van der Waals surface area contributed by atoms with Gasteiger partial charge in [-0.1, -0.05) is 36.4 Å². The highest BCUT2D eigenvalue weighted by atomic mass is 16.5. The van der Waals surface area contributed by atoms with Crippen molar-refractivity contribution < 1.29 is 4.74 Å². The molecule has 3 aromatic rings. The molecule has 0 saturated carbocycles. The van der Waals surface area contributed by atoms with E-state index in [2.05, 4.69) is 63.5 Å². The normalized spacial score (nSPS) is 11.3. The number of hydrogen-bond donors (Lipinski definition) is 2. The van der Waals surface area contributed by atoms with Gasteiger partial charge in [-0.15, -0.1) is 0 Å². The molecule has 0 aliphatic heterocycles. The van der Waals surface area contributed by atoms with Crippen LogP contribution in [0.15, 0.2) is 65.9 Å². The molecule has 0 unspecified atom stereocenters. The number of methoxy groups -OCH3 is 1. The van der Waals surface area contributed by atoms with Crippen molar-refractivity contribution in [1.29, 1.82) is 0 Å². The number of benzene rings is 2. The summed E-state index contributed by atoms with van der Waals surface area (Å²) >= 11 is 0. The number of nitrogens with zero attached hydrogens (tertiary/aromatic N) is 3. The first-order chi connectivity index (χ1) is 14.2. The maximum Gasteiger partial charge on any atom is 0.191 e. The van der Waals surface area contributed by atoms with E-state index in [1.807, 2.05) is 31.5 Å². The van der Waals surface area contributed by atoms with Crippen LogP contribution in [0.1, 0.15) is 29.4 Å². The van der Waals surface area contributed by atoms with Crippen LogP contribution in [0.25, 0.3) is 0 Å². The zero-order valence-electron chi connectivity index (χ0n) is 17.4. The summed E-state index contributed by atoms with van der Waals surface area (Å²) in [6.07, 6.45) is 3.84. The van der Waals surface area contributed by atoms with Gasteiger partial charge in [0, 0.05) is 32.0 Å². The van der Waals surface area contributed by atoms with Crippen molar-refractivity contribution >= 4 is 5.96 Å². The van der Waals surface area contributed by atoms with Gasteiger partial charge in [0.05, 0.1) is 13.7 Å². The van der Waals surface area contributed by atoms with E-state index in [4.69, 9.17) is 9.73 Å². The molecule has 0 spiro atoms. The number of aromatic nitrogens is 2. The van der Waals surface area contributed by atoms with Crippen molar-refractivity contribution in [2.75, 3.05) is 13.7 Å². The molecule has 2 aromatic carbocycles. The molecule has 6 heteroatoms. The summed E-state index contributed by atoms with van der Waals surface area (Å²) in [6, 6.07) is 16.6. The van der Waals surface area contributed by atoms with Crippen LogP contribution in [0.3, 0.4) is 0 Å². The van der Waals surface area contributed by atoms with E-state index in [1.54, 1.807) is 7.11 Å². The predicted octanol–water partition coefficient (Wildman–Crippen LogP) is 3.50. The Morgan fingerprint density at radius 1 is 1.07 bits per heavy atom. The minimum atomic E-state index is 0.620. The molecule has 0 amide bonds. The molecule has 0 aliphatic rings. The number of rotatable bonds is 8. The Morgan fingerprint density at radius 3 is 2.55 bits per heavy atom. The van der Waals surface area contributed by atoms with E-state index in [-0.39, 0.29) is 0 Å². The third-order valence-corrected chi connectivity index (χ3v) is 4.65. The summed E-state index contributed by atoms with van der Waals surface area (Å²) in [6.45, 7) is 7.04. The summed E-state index contributed by atoms with van der Waals surface area (Å²) in [5.74, 6) is 2.69. The second-order valence-electron chi connectivity index (χ2n) is 6.82. The summed E-state index contributed by atoms with van der Waals surface area (Å²) in [5, 5.41) is 6.69. The number of ether oxygens (including phenoxy) is 1. The van der Waals surface area contributed by atoms with Gasteiger partial charge < -0.3 is 19.9 Å². The lowest BCUT2D eigenvalue weighted by molar-refractivity contribution is 0.414. The topological polar surface area (TPSA) is 63.5 Å². The van der Waals surface area contributed by atoms with E-state index in [1.165, 1.54) is 16.7 Å². The van der Waals surface area contributed by atoms with Crippen LogP contribution >= 0.6 is 0 Å². The molecule has 152 valence electrons. The molecule has 0 aliphatic carbocycles. The van der Waals surface area contributed by atoms with Crippen LogP contribution in [0.4, 0.5) is 0 Å². The van der Waals surface area contributed by atoms with Crippen LogP contribution < -0.4 is 15.4 Å². The lowest BCUT2D eigenvalue weighted by atomic mass is 10.1. The van der Waals surface area contributed by atoms with Crippen LogP contribution in [0.2, 0.25) is 0 Å². The SMILES string of the molecule is CCNC(=NCc1cccc(Cn2ccnc2C)c1)NCc1ccc(OC)cc1. The predicted molar refractivity (Wildman–Crippen MR) is 117 cm³/mol. The standard InChI is InChI=1S/C23H29N5O/c1-4-24-23(26-15-19-8-10-22(29-3)11-9-19)27-16-20-6-5-7-21(14-20)17-28-13-12-25-18(28)2/h5-14H,4,15-17H2,1-3H3,(H2,24,26,27). The first kappa shape index (κ1) is 20.5. The lowest BCUT2D eigenvalue weighted by Gasteiger charge is -2.12. The third-order valence-electron chi connectivity index (χ3n) is 4.65. The van der Waals surface area contributed by atoms with E-state index in [0.717, 1.165) is 30.6 Å². The van der Waals surface area contributed by atoms with Crippen molar-refractivity contribution in [3.8, 4) is 5.75 Å². The maximum atomic E-state index is 5.21. The highest BCUT2D eigenvalue weighted by Gasteiger charge is 2.02. The van der Waals surface area contributed by atoms with Gasteiger partial charge in [-0.25, -0.2) is 9.98 Å². The van der Waals surface area contributed by atoms with E-state index in [9.17, 15) is 0 Å². The fourth-order valence-corrected chi connectivity index (χ4v) is 3.04. The Labute approximate surface area is 172 Å². The molecule has 6 nitrogen and oxygen atoms in total. The van der Waals surface area contributed by atoms with Gasteiger partial charge in [-0.05, 0) is 42.7 Å². The molecule has 29 heavy (non-hydrogen) atoms. The summed E-state index contributed by atoms with van der Waals surface area (Å²) in [4.78, 5) is 9.03. The van der Waals surface area contributed by atoms with Gasteiger partial charge in [0.2, 0.25) is 0 Å². The summed E-state index contributed by atoms with van der Waals surface area (Å²) in [5.41, 5.74) is 3.60. The monoisotopic (exact) mass is 391 g/mol. The number of hydrogen-bond acceptors (Lipinski definition) is 3. The van der Waals surface area contributed by atoms with E-state index >= 15 is 0 Å². The fourth-order valence-electron chi connectivity index (χ4n) is 3.04. The van der Waals surface area contributed by atoms with E-state index in [0.29, 0.717) is 13.1 Å². The van der Waals surface area contributed by atoms with Crippen LogP contribution in [0.5, 0.6) is 5.75 Å². The van der Waals surface area contributed by atoms with Gasteiger partial charge in [-0.2, -0.15) is 0 Å². The lowest BCUT2D eigenvalue weighted by Crippen LogP contribution is -2.36. The highest BCUT2D eigenvalue weighted by molar-refractivity contribution is 5.79. The van der Waals surface area contributed by atoms with Gasteiger partial charge in [0.1, 0.15) is 11.6 Å². The Balaban J connectivity index is 1.61. The summed E-state index contributed by atoms with van der Waals surface area (Å²) in [7, 11) is 1.68. The second kappa shape index (κ2) is 10.3.